The lowest BCUT2D eigenvalue weighted by molar-refractivity contribution is -0.155. The summed E-state index contributed by atoms with van der Waals surface area (Å²) in [6.45, 7) is 8.26. The van der Waals surface area contributed by atoms with E-state index in [1.165, 1.54) is 16.7 Å². The van der Waals surface area contributed by atoms with Crippen LogP contribution in [0.3, 0.4) is 0 Å². The Morgan fingerprint density at radius 3 is 2.75 bits per heavy atom. The van der Waals surface area contributed by atoms with Gasteiger partial charge in [0.05, 0.1) is 37.9 Å². The summed E-state index contributed by atoms with van der Waals surface area (Å²) in [5.41, 5.74) is 4.36. The third-order valence-electron chi connectivity index (χ3n) is 7.66. The van der Waals surface area contributed by atoms with Crippen LogP contribution in [-0.4, -0.2) is 55.4 Å². The molecule has 0 amide bonds. The number of rotatable bonds is 7. The van der Waals surface area contributed by atoms with E-state index in [9.17, 15) is 4.79 Å². The summed E-state index contributed by atoms with van der Waals surface area (Å²) < 4.78 is 23.3. The molecule has 1 aliphatic carbocycles. The van der Waals surface area contributed by atoms with Crippen molar-refractivity contribution >= 4 is 5.97 Å². The van der Waals surface area contributed by atoms with Gasteiger partial charge in [0.2, 0.25) is 0 Å². The second-order valence-electron chi connectivity index (χ2n) is 9.98. The highest BCUT2D eigenvalue weighted by atomic mass is 16.7. The van der Waals surface area contributed by atoms with E-state index in [-0.39, 0.29) is 30.5 Å². The number of carbonyl (C=O) groups excluding carboxylic acids is 1. The van der Waals surface area contributed by atoms with Gasteiger partial charge >= 0.3 is 5.97 Å². The summed E-state index contributed by atoms with van der Waals surface area (Å²) in [7, 11) is 0. The lowest BCUT2D eigenvalue weighted by atomic mass is 9.85. The van der Waals surface area contributed by atoms with E-state index in [0.717, 1.165) is 38.5 Å². The van der Waals surface area contributed by atoms with E-state index in [4.69, 9.17) is 18.9 Å². The maximum atomic E-state index is 12.7. The Morgan fingerprint density at radius 2 is 2.00 bits per heavy atom. The molecular formula is C26H37NO5. The number of hydrogen-bond acceptors (Lipinski definition) is 6. The molecule has 6 nitrogen and oxygen atoms in total. The lowest BCUT2D eigenvalue weighted by Gasteiger charge is -2.43. The maximum Gasteiger partial charge on any atom is 0.309 e. The Balaban J connectivity index is 1.39. The average Bonchev–Trinajstić information content (AvgIpc) is 3.48. The maximum absolute atomic E-state index is 12.7. The van der Waals surface area contributed by atoms with E-state index < -0.39 is 0 Å². The minimum Gasteiger partial charge on any atom is -0.466 e. The number of nitrogens with zero attached hydrogens (tertiary/aromatic N) is 1. The molecular weight excluding hydrogens is 406 g/mol. The number of esters is 1. The van der Waals surface area contributed by atoms with Crippen LogP contribution in [0.2, 0.25) is 0 Å². The van der Waals surface area contributed by atoms with Gasteiger partial charge in [-0.05, 0) is 55.2 Å². The number of benzene rings is 1. The number of fused-ring (bicyclic) bond motifs is 5. The fraction of sp³-hybridized carbons (Fsp3) is 0.731. The first-order valence-corrected chi connectivity index (χ1v) is 12.5. The predicted octanol–water partition coefficient (Wildman–Crippen LogP) is 4.32. The van der Waals surface area contributed by atoms with Crippen LogP contribution in [0.1, 0.15) is 81.5 Å². The smallest absolute Gasteiger partial charge is 0.309 e. The number of hydrogen-bond donors (Lipinski definition) is 0. The van der Waals surface area contributed by atoms with Crippen LogP contribution in [0, 0.1) is 5.92 Å². The van der Waals surface area contributed by atoms with Gasteiger partial charge in [0, 0.05) is 18.9 Å². The second kappa shape index (κ2) is 9.41. The van der Waals surface area contributed by atoms with Crippen LogP contribution in [0.25, 0.3) is 0 Å². The van der Waals surface area contributed by atoms with Crippen LogP contribution in [0.4, 0.5) is 0 Å². The number of ether oxygens (including phenoxy) is 4. The molecule has 176 valence electrons. The van der Waals surface area contributed by atoms with Crippen molar-refractivity contribution in [3.05, 3.63) is 34.9 Å². The molecule has 3 aliphatic heterocycles. The molecule has 0 unspecified atom stereocenters. The van der Waals surface area contributed by atoms with Crippen molar-refractivity contribution in [3.63, 3.8) is 0 Å². The van der Waals surface area contributed by atoms with Crippen molar-refractivity contribution in [1.82, 2.24) is 4.90 Å². The first kappa shape index (κ1) is 22.3. The highest BCUT2D eigenvalue weighted by Crippen LogP contribution is 2.52. The zero-order valence-corrected chi connectivity index (χ0v) is 19.6. The van der Waals surface area contributed by atoms with Crippen LogP contribution >= 0.6 is 0 Å². The summed E-state index contributed by atoms with van der Waals surface area (Å²) in [6, 6.07) is 7.34. The molecule has 3 saturated heterocycles. The van der Waals surface area contributed by atoms with E-state index in [1.807, 2.05) is 6.92 Å². The van der Waals surface area contributed by atoms with Gasteiger partial charge in [0.1, 0.15) is 6.23 Å². The molecule has 5 rings (SSSR count). The third kappa shape index (κ3) is 4.11. The minimum absolute atomic E-state index is 0.00879. The van der Waals surface area contributed by atoms with E-state index in [1.54, 1.807) is 0 Å². The summed E-state index contributed by atoms with van der Waals surface area (Å²) in [4.78, 5) is 15.3. The summed E-state index contributed by atoms with van der Waals surface area (Å²) in [5, 5.41) is 0. The number of piperidine rings is 1. The van der Waals surface area contributed by atoms with Crippen molar-refractivity contribution in [2.75, 3.05) is 19.8 Å². The zero-order valence-electron chi connectivity index (χ0n) is 19.6. The van der Waals surface area contributed by atoms with Gasteiger partial charge in [-0.2, -0.15) is 0 Å². The van der Waals surface area contributed by atoms with Gasteiger partial charge in [-0.25, -0.2) is 0 Å². The monoisotopic (exact) mass is 443 g/mol. The SMILES string of the molecule is CCOC(=O)[C@@H]1C[C@H](CCCC2OCCO2)N2[C@H](C1)O[C@H]1Cc3cccc(C(C)C)c3[C@H]12. The van der Waals surface area contributed by atoms with Crippen molar-refractivity contribution in [2.45, 2.75) is 95.9 Å². The minimum atomic E-state index is -0.0844. The Bertz CT molecular complexity index is 820. The third-order valence-corrected chi connectivity index (χ3v) is 7.66. The Hall–Kier alpha value is -1.47. The molecule has 0 radical (unpaired) electrons. The molecule has 1 aromatic carbocycles. The molecule has 32 heavy (non-hydrogen) atoms. The van der Waals surface area contributed by atoms with Crippen LogP contribution < -0.4 is 0 Å². The van der Waals surface area contributed by atoms with E-state index >= 15 is 0 Å². The summed E-state index contributed by atoms with van der Waals surface area (Å²) in [5.74, 6) is 0.331. The summed E-state index contributed by atoms with van der Waals surface area (Å²) in [6.07, 6.45) is 5.58. The topological polar surface area (TPSA) is 57.2 Å². The molecule has 0 N–H and O–H groups in total. The molecule has 5 atom stereocenters. The van der Waals surface area contributed by atoms with Crippen LogP contribution in [0.5, 0.6) is 0 Å². The highest BCUT2D eigenvalue weighted by molar-refractivity contribution is 5.72. The largest absolute Gasteiger partial charge is 0.466 e. The predicted molar refractivity (Wildman–Crippen MR) is 120 cm³/mol. The Kier molecular flexibility index (Phi) is 6.57. The molecule has 3 fully saturated rings. The van der Waals surface area contributed by atoms with Crippen LogP contribution in [-0.2, 0) is 30.2 Å². The van der Waals surface area contributed by atoms with Crippen molar-refractivity contribution < 1.29 is 23.7 Å². The second-order valence-corrected chi connectivity index (χ2v) is 9.98. The molecule has 3 heterocycles. The van der Waals surface area contributed by atoms with Crippen molar-refractivity contribution in [2.24, 2.45) is 5.92 Å². The zero-order chi connectivity index (χ0) is 22.2. The van der Waals surface area contributed by atoms with E-state index in [2.05, 4.69) is 36.9 Å². The highest BCUT2D eigenvalue weighted by Gasteiger charge is 2.54. The number of carbonyl (C=O) groups is 1. The van der Waals surface area contributed by atoms with Crippen LogP contribution in [0.15, 0.2) is 18.2 Å². The van der Waals surface area contributed by atoms with Gasteiger partial charge in [-0.15, -0.1) is 0 Å². The Labute approximate surface area is 191 Å². The molecule has 0 aromatic heterocycles. The fourth-order valence-electron chi connectivity index (χ4n) is 6.35. The molecule has 1 aromatic rings. The first-order valence-electron chi connectivity index (χ1n) is 12.5. The van der Waals surface area contributed by atoms with Gasteiger partial charge < -0.3 is 18.9 Å². The van der Waals surface area contributed by atoms with Gasteiger partial charge in [-0.3, -0.25) is 9.69 Å². The van der Waals surface area contributed by atoms with Crippen molar-refractivity contribution in [1.29, 1.82) is 0 Å². The quantitative estimate of drug-likeness (QED) is 0.585. The Morgan fingerprint density at radius 1 is 1.19 bits per heavy atom. The van der Waals surface area contributed by atoms with Gasteiger partial charge in [0.25, 0.3) is 0 Å². The normalized spacial score (nSPS) is 32.2. The van der Waals surface area contributed by atoms with Gasteiger partial charge in [-0.1, -0.05) is 32.0 Å². The molecule has 0 spiro atoms. The average molecular weight is 444 g/mol. The molecule has 6 heteroatoms. The first-order chi connectivity index (χ1) is 15.6. The van der Waals surface area contributed by atoms with Gasteiger partial charge in [0.15, 0.2) is 6.29 Å². The molecule has 4 aliphatic rings. The molecule has 0 saturated carbocycles. The fourth-order valence-corrected chi connectivity index (χ4v) is 6.35. The van der Waals surface area contributed by atoms with E-state index in [0.29, 0.717) is 37.8 Å². The lowest BCUT2D eigenvalue weighted by Crippen LogP contribution is -2.49. The summed E-state index contributed by atoms with van der Waals surface area (Å²) >= 11 is 0. The standard InChI is InChI=1S/C26H37NO5/c1-4-29-26(28)18-13-19(8-6-10-23-30-11-12-31-23)27-22(15-18)32-21-14-17-7-5-9-20(16(2)3)24(17)25(21)27/h5,7,9,16,18-19,21-23,25H,4,6,8,10-15H2,1-3H3/t18-,19+,21+,22+,25+/m1/s1. The molecule has 0 bridgehead atoms. The van der Waals surface area contributed by atoms with Crippen molar-refractivity contribution in [3.8, 4) is 0 Å².